The number of thiocarbonyl (C=S) groups is 1. The number of anilines is 1. The minimum absolute atomic E-state index is 0.0322. The van der Waals surface area contributed by atoms with Crippen molar-refractivity contribution in [3.05, 3.63) is 34.4 Å². The summed E-state index contributed by atoms with van der Waals surface area (Å²) in [5.74, 6) is -0.0587. The molecule has 108 valence electrons. The summed E-state index contributed by atoms with van der Waals surface area (Å²) in [5.41, 5.74) is 0.708. The number of nitrogens with zero attached hydrogens (tertiary/aromatic N) is 1. The Hall–Kier alpha value is -2.22. The van der Waals surface area contributed by atoms with Gasteiger partial charge >= 0.3 is 0 Å². The van der Waals surface area contributed by atoms with Crippen molar-refractivity contribution in [2.24, 2.45) is 0 Å². The van der Waals surface area contributed by atoms with E-state index < -0.39 is 4.92 Å². The number of benzene rings is 1. The van der Waals surface area contributed by atoms with Crippen LogP contribution in [0.4, 0.5) is 11.4 Å². The SMILES string of the molecule is CC(=O)NCCCNC(=S)Nc1ccc([N+](=O)[O-])cc1. The molecule has 0 spiro atoms. The molecule has 0 bridgehead atoms. The van der Waals surface area contributed by atoms with Crippen LogP contribution in [0.25, 0.3) is 0 Å². The van der Waals surface area contributed by atoms with Crippen molar-refractivity contribution in [3.8, 4) is 0 Å². The lowest BCUT2D eigenvalue weighted by Crippen LogP contribution is -2.31. The van der Waals surface area contributed by atoms with Crippen molar-refractivity contribution < 1.29 is 9.72 Å². The second-order valence-electron chi connectivity index (χ2n) is 4.02. The number of nitrogens with one attached hydrogen (secondary N) is 3. The third kappa shape index (κ3) is 6.10. The van der Waals surface area contributed by atoms with E-state index >= 15 is 0 Å². The summed E-state index contributed by atoms with van der Waals surface area (Å²) in [6, 6.07) is 5.98. The van der Waals surface area contributed by atoms with Gasteiger partial charge in [0, 0.05) is 37.8 Å². The number of hydrogen-bond acceptors (Lipinski definition) is 4. The molecule has 1 rings (SSSR count). The van der Waals surface area contributed by atoms with Crippen LogP contribution in [0.15, 0.2) is 24.3 Å². The van der Waals surface area contributed by atoms with E-state index in [0.29, 0.717) is 23.9 Å². The van der Waals surface area contributed by atoms with E-state index in [4.69, 9.17) is 12.2 Å². The molecule has 0 aromatic heterocycles. The third-order valence-corrected chi connectivity index (χ3v) is 2.60. The van der Waals surface area contributed by atoms with Crippen LogP contribution in [0.1, 0.15) is 13.3 Å². The van der Waals surface area contributed by atoms with Crippen molar-refractivity contribution in [2.45, 2.75) is 13.3 Å². The summed E-state index contributed by atoms with van der Waals surface area (Å²) in [6.45, 7) is 2.68. The molecule has 0 radical (unpaired) electrons. The molecule has 0 saturated carbocycles. The Morgan fingerprint density at radius 2 is 1.85 bits per heavy atom. The summed E-state index contributed by atoms with van der Waals surface area (Å²) >= 11 is 5.08. The first kappa shape index (κ1) is 15.8. The van der Waals surface area contributed by atoms with Crippen LogP contribution >= 0.6 is 12.2 Å². The Balaban J connectivity index is 2.28. The largest absolute Gasteiger partial charge is 0.362 e. The zero-order valence-electron chi connectivity index (χ0n) is 11.0. The Labute approximate surface area is 121 Å². The highest BCUT2D eigenvalue weighted by Gasteiger charge is 2.04. The number of non-ortho nitro benzene ring substituents is 1. The topological polar surface area (TPSA) is 96.3 Å². The van der Waals surface area contributed by atoms with Crippen molar-refractivity contribution in [1.29, 1.82) is 0 Å². The lowest BCUT2D eigenvalue weighted by molar-refractivity contribution is -0.384. The first-order valence-electron chi connectivity index (χ1n) is 6.03. The highest BCUT2D eigenvalue weighted by molar-refractivity contribution is 7.80. The first-order valence-corrected chi connectivity index (χ1v) is 6.43. The number of carbonyl (C=O) groups excluding carboxylic acids is 1. The minimum atomic E-state index is -0.456. The smallest absolute Gasteiger partial charge is 0.269 e. The van der Waals surface area contributed by atoms with Crippen LogP contribution < -0.4 is 16.0 Å². The predicted octanol–water partition coefficient (Wildman–Crippen LogP) is 1.41. The average molecular weight is 296 g/mol. The van der Waals surface area contributed by atoms with Crippen molar-refractivity contribution >= 4 is 34.6 Å². The Morgan fingerprint density at radius 3 is 2.40 bits per heavy atom. The van der Waals surface area contributed by atoms with Gasteiger partial charge in [-0.3, -0.25) is 14.9 Å². The molecular formula is C12H16N4O3S. The predicted molar refractivity (Wildman–Crippen MR) is 80.6 cm³/mol. The number of rotatable bonds is 6. The fourth-order valence-corrected chi connectivity index (χ4v) is 1.62. The molecule has 0 aliphatic rings. The zero-order valence-corrected chi connectivity index (χ0v) is 11.8. The molecule has 1 aromatic rings. The maximum Gasteiger partial charge on any atom is 0.269 e. The molecule has 0 unspecified atom stereocenters. The van der Waals surface area contributed by atoms with Crippen LogP contribution in [-0.4, -0.2) is 29.0 Å². The van der Waals surface area contributed by atoms with Crippen LogP contribution in [0.5, 0.6) is 0 Å². The third-order valence-electron chi connectivity index (χ3n) is 2.35. The van der Waals surface area contributed by atoms with E-state index in [9.17, 15) is 14.9 Å². The molecule has 1 aromatic carbocycles. The first-order chi connectivity index (χ1) is 9.49. The normalized spacial score (nSPS) is 9.65. The molecule has 0 saturated heterocycles. The molecule has 0 aliphatic carbocycles. The lowest BCUT2D eigenvalue weighted by Gasteiger charge is -2.10. The van der Waals surface area contributed by atoms with Gasteiger partial charge in [0.2, 0.25) is 5.91 Å². The van der Waals surface area contributed by atoms with Gasteiger partial charge in [0.1, 0.15) is 0 Å². The van der Waals surface area contributed by atoms with E-state index in [1.54, 1.807) is 12.1 Å². The molecule has 8 heteroatoms. The van der Waals surface area contributed by atoms with Crippen LogP contribution in [-0.2, 0) is 4.79 Å². The Morgan fingerprint density at radius 1 is 1.25 bits per heavy atom. The van der Waals surface area contributed by atoms with Gasteiger partial charge in [-0.25, -0.2) is 0 Å². The fraction of sp³-hybridized carbons (Fsp3) is 0.333. The highest BCUT2D eigenvalue weighted by Crippen LogP contribution is 2.15. The van der Waals surface area contributed by atoms with E-state index in [1.807, 2.05) is 0 Å². The second-order valence-corrected chi connectivity index (χ2v) is 4.43. The average Bonchev–Trinajstić information content (AvgIpc) is 2.38. The van der Waals surface area contributed by atoms with E-state index in [0.717, 1.165) is 6.42 Å². The molecule has 0 atom stereocenters. The number of nitro benzene ring substituents is 1. The molecule has 3 N–H and O–H groups in total. The monoisotopic (exact) mass is 296 g/mol. The van der Waals surface area contributed by atoms with Gasteiger partial charge in [-0.2, -0.15) is 0 Å². The van der Waals surface area contributed by atoms with E-state index in [2.05, 4.69) is 16.0 Å². The maximum atomic E-state index is 10.6. The molecule has 0 aliphatic heterocycles. The van der Waals surface area contributed by atoms with Gasteiger partial charge in [0.15, 0.2) is 5.11 Å². The maximum absolute atomic E-state index is 10.6. The number of hydrogen-bond donors (Lipinski definition) is 3. The molecule has 1 amide bonds. The summed E-state index contributed by atoms with van der Waals surface area (Å²) in [7, 11) is 0. The van der Waals surface area contributed by atoms with Gasteiger partial charge in [0.25, 0.3) is 5.69 Å². The molecule has 0 fully saturated rings. The summed E-state index contributed by atoms with van der Waals surface area (Å²) in [6.07, 6.45) is 0.752. The van der Waals surface area contributed by atoms with E-state index in [-0.39, 0.29) is 11.6 Å². The minimum Gasteiger partial charge on any atom is -0.362 e. The van der Waals surface area contributed by atoms with Crippen molar-refractivity contribution in [1.82, 2.24) is 10.6 Å². The molecule has 0 heterocycles. The van der Waals surface area contributed by atoms with E-state index in [1.165, 1.54) is 19.1 Å². The van der Waals surface area contributed by atoms with Gasteiger partial charge in [-0.15, -0.1) is 0 Å². The summed E-state index contributed by atoms with van der Waals surface area (Å²) < 4.78 is 0. The Bertz CT molecular complexity index is 490. The number of nitro groups is 1. The Kier molecular flexibility index (Phi) is 6.38. The molecular weight excluding hydrogens is 280 g/mol. The number of carbonyl (C=O) groups is 1. The van der Waals surface area contributed by atoms with Gasteiger partial charge in [-0.05, 0) is 30.8 Å². The van der Waals surface area contributed by atoms with Gasteiger partial charge < -0.3 is 16.0 Å². The summed E-state index contributed by atoms with van der Waals surface area (Å²) in [4.78, 5) is 20.7. The van der Waals surface area contributed by atoms with Crippen LogP contribution in [0, 0.1) is 10.1 Å². The summed E-state index contributed by atoms with van der Waals surface area (Å²) in [5, 5.41) is 19.5. The van der Waals surface area contributed by atoms with Crippen molar-refractivity contribution in [3.63, 3.8) is 0 Å². The van der Waals surface area contributed by atoms with Gasteiger partial charge in [-0.1, -0.05) is 0 Å². The number of amides is 1. The standard InChI is InChI=1S/C12H16N4O3S/c1-9(17)13-7-2-8-14-12(20)15-10-3-5-11(6-4-10)16(18)19/h3-6H,2,7-8H2,1H3,(H,13,17)(H2,14,15,20). The lowest BCUT2D eigenvalue weighted by atomic mass is 10.3. The van der Waals surface area contributed by atoms with Crippen LogP contribution in [0.2, 0.25) is 0 Å². The second kappa shape index (κ2) is 8.05. The zero-order chi connectivity index (χ0) is 15.0. The van der Waals surface area contributed by atoms with Gasteiger partial charge in [0.05, 0.1) is 4.92 Å². The van der Waals surface area contributed by atoms with Crippen LogP contribution in [0.3, 0.4) is 0 Å². The quantitative estimate of drug-likeness (QED) is 0.318. The molecule has 7 nitrogen and oxygen atoms in total. The van der Waals surface area contributed by atoms with Crippen molar-refractivity contribution in [2.75, 3.05) is 18.4 Å². The highest BCUT2D eigenvalue weighted by atomic mass is 32.1. The molecule has 20 heavy (non-hydrogen) atoms. The fourth-order valence-electron chi connectivity index (χ4n) is 1.40.